The molecule has 1 N–H and O–H groups in total. The third-order valence-corrected chi connectivity index (χ3v) is 8.89. The van der Waals surface area contributed by atoms with Gasteiger partial charge in [-0.05, 0) is 48.2 Å². The monoisotopic (exact) mass is 572 g/mol. The van der Waals surface area contributed by atoms with Crippen molar-refractivity contribution in [3.05, 3.63) is 64.4 Å². The molecule has 3 aliphatic rings. The van der Waals surface area contributed by atoms with E-state index < -0.39 is 29.2 Å². The van der Waals surface area contributed by atoms with Gasteiger partial charge in [-0.3, -0.25) is 9.69 Å². The fraction of sp³-hybridized carbons (Fsp3) is 0.357. The number of carboxylic acid groups (broad SMARTS) is 1. The van der Waals surface area contributed by atoms with Crippen molar-refractivity contribution >= 4 is 40.3 Å². The molecule has 8 nitrogen and oxygen atoms in total. The molecule has 40 heavy (non-hydrogen) atoms. The number of rotatable bonds is 5. The summed E-state index contributed by atoms with van der Waals surface area (Å²) in [4.78, 5) is 23.9. The first kappa shape index (κ1) is 26.3. The number of hydrogen-bond acceptors (Lipinski definition) is 8. The van der Waals surface area contributed by atoms with Gasteiger partial charge in [0.1, 0.15) is 11.5 Å². The van der Waals surface area contributed by atoms with Crippen LogP contribution in [-0.4, -0.2) is 62.3 Å². The summed E-state index contributed by atoms with van der Waals surface area (Å²) in [5.74, 6) is -0.421. The number of thiophene rings is 1. The Labute approximate surface area is 232 Å². The summed E-state index contributed by atoms with van der Waals surface area (Å²) in [7, 11) is 3.01. The molecule has 2 unspecified atom stereocenters. The lowest BCUT2D eigenvalue weighted by molar-refractivity contribution is -0.139. The molecule has 1 saturated carbocycles. The molecule has 1 saturated heterocycles. The smallest absolute Gasteiger partial charge is 0.416 e. The Morgan fingerprint density at radius 2 is 1.80 bits per heavy atom. The van der Waals surface area contributed by atoms with Crippen LogP contribution >= 0.6 is 11.3 Å². The second kappa shape index (κ2) is 9.61. The minimum Gasteiger partial charge on any atom is -0.497 e. The first-order valence-electron chi connectivity index (χ1n) is 12.8. The summed E-state index contributed by atoms with van der Waals surface area (Å²) in [6, 6.07) is 12.9. The molecule has 2 aliphatic heterocycles. The van der Waals surface area contributed by atoms with Crippen molar-refractivity contribution in [3.63, 3.8) is 0 Å². The third-order valence-electron chi connectivity index (χ3n) is 7.81. The van der Waals surface area contributed by atoms with Gasteiger partial charge in [0.25, 0.3) is 0 Å². The Morgan fingerprint density at radius 1 is 1.05 bits per heavy atom. The fourth-order valence-corrected chi connectivity index (χ4v) is 6.83. The molecule has 6 rings (SSSR count). The number of aliphatic carboxylic acids is 1. The van der Waals surface area contributed by atoms with Gasteiger partial charge >= 0.3 is 12.1 Å². The van der Waals surface area contributed by atoms with E-state index in [2.05, 4.69) is 4.90 Å². The first-order valence-corrected chi connectivity index (χ1v) is 13.6. The maximum Gasteiger partial charge on any atom is 0.416 e. The minimum absolute atomic E-state index is 0.147. The normalized spacial score (nSPS) is 22.2. The molecule has 3 aromatic rings. The summed E-state index contributed by atoms with van der Waals surface area (Å²) in [6.45, 7) is 2.32. The van der Waals surface area contributed by atoms with Crippen LogP contribution in [0.25, 0.3) is 0 Å². The van der Waals surface area contributed by atoms with Crippen molar-refractivity contribution in [2.75, 3.05) is 50.2 Å². The molecule has 1 aromatic heterocycles. The van der Waals surface area contributed by atoms with Crippen LogP contribution in [0.3, 0.4) is 0 Å². The number of aliphatic imine (C=N–C) groups is 1. The highest BCUT2D eigenvalue weighted by Gasteiger charge is 2.68. The highest BCUT2D eigenvalue weighted by molar-refractivity contribution is 7.10. The number of anilines is 2. The van der Waals surface area contributed by atoms with Crippen molar-refractivity contribution in [1.29, 1.82) is 0 Å². The average Bonchev–Trinajstić information content (AvgIpc) is 3.49. The van der Waals surface area contributed by atoms with E-state index >= 15 is 0 Å². The Kier molecular flexibility index (Phi) is 6.32. The van der Waals surface area contributed by atoms with E-state index in [9.17, 15) is 23.1 Å². The molecule has 1 aliphatic carbocycles. The molecule has 0 radical (unpaired) electrons. The molecule has 0 amide bonds. The number of methoxy groups -OCH3 is 2. The molecule has 1 spiro atoms. The predicted molar refractivity (Wildman–Crippen MR) is 146 cm³/mol. The topological polar surface area (TPSA) is 77.8 Å². The SMILES string of the molecule is COc1cccc(N2CCN(C3=Nc4ccsc4C4(CC4C(=O)O)N3c3cc(C(F)(F)F)ccc3OC)CC2)c1. The van der Waals surface area contributed by atoms with E-state index in [0.29, 0.717) is 37.8 Å². The standard InChI is InChI=1S/C28H27F3N4O4S/c1-38-19-5-3-4-18(15-19)33-9-11-34(12-10-33)26-32-21-8-13-40-24(21)27(16-20(27)25(36)37)35(26)22-14-17(28(29,30)31)6-7-23(22)39-2/h3-8,13-15,20H,9-12,16H2,1-2H3,(H,36,37). The molecule has 0 bridgehead atoms. The molecule has 2 aromatic carbocycles. The zero-order valence-corrected chi connectivity index (χ0v) is 22.6. The second-order valence-corrected chi connectivity index (χ2v) is 10.9. The number of benzene rings is 2. The van der Waals surface area contributed by atoms with Crippen LogP contribution in [0.5, 0.6) is 11.5 Å². The Bertz CT molecular complexity index is 1480. The number of nitrogens with zero attached hydrogens (tertiary/aromatic N) is 4. The number of carboxylic acids is 1. The number of halogens is 3. The maximum absolute atomic E-state index is 13.9. The fourth-order valence-electron chi connectivity index (χ4n) is 5.74. The van der Waals surface area contributed by atoms with Gasteiger partial charge in [0, 0.05) is 37.9 Å². The van der Waals surface area contributed by atoms with Crippen LogP contribution in [0.2, 0.25) is 0 Å². The lowest BCUT2D eigenvalue weighted by Gasteiger charge is -2.45. The minimum atomic E-state index is -4.59. The lowest BCUT2D eigenvalue weighted by atomic mass is 10.0. The van der Waals surface area contributed by atoms with Gasteiger partial charge in [0.2, 0.25) is 5.96 Å². The maximum atomic E-state index is 13.9. The summed E-state index contributed by atoms with van der Waals surface area (Å²) in [5, 5.41) is 12.0. The van der Waals surface area contributed by atoms with E-state index in [1.165, 1.54) is 24.5 Å². The number of hydrogen-bond donors (Lipinski definition) is 1. The predicted octanol–water partition coefficient (Wildman–Crippen LogP) is 5.41. The highest BCUT2D eigenvalue weighted by atomic mass is 32.1. The largest absolute Gasteiger partial charge is 0.497 e. The van der Waals surface area contributed by atoms with Crippen LogP contribution < -0.4 is 19.3 Å². The number of piperazine rings is 1. The van der Waals surface area contributed by atoms with E-state index in [1.807, 2.05) is 40.6 Å². The Hall–Kier alpha value is -3.93. The van der Waals surface area contributed by atoms with Gasteiger partial charge in [-0.15, -0.1) is 11.3 Å². The Balaban J connectivity index is 1.43. The van der Waals surface area contributed by atoms with Gasteiger partial charge in [-0.1, -0.05) is 6.07 Å². The molecule has 3 heterocycles. The number of carbonyl (C=O) groups is 1. The van der Waals surface area contributed by atoms with Crippen molar-refractivity contribution in [3.8, 4) is 11.5 Å². The molecule has 210 valence electrons. The number of alkyl halides is 3. The van der Waals surface area contributed by atoms with Crippen molar-refractivity contribution in [2.24, 2.45) is 10.9 Å². The van der Waals surface area contributed by atoms with E-state index in [-0.39, 0.29) is 17.9 Å². The molecular weight excluding hydrogens is 545 g/mol. The number of ether oxygens (including phenoxy) is 2. The summed E-state index contributed by atoms with van der Waals surface area (Å²) < 4.78 is 52.5. The van der Waals surface area contributed by atoms with Gasteiger partial charge < -0.3 is 24.4 Å². The van der Waals surface area contributed by atoms with Gasteiger partial charge in [-0.2, -0.15) is 13.2 Å². The van der Waals surface area contributed by atoms with Crippen LogP contribution in [-0.2, 0) is 16.5 Å². The van der Waals surface area contributed by atoms with Gasteiger partial charge in [0.05, 0.1) is 47.5 Å². The van der Waals surface area contributed by atoms with Gasteiger partial charge in [0.15, 0.2) is 0 Å². The quantitative estimate of drug-likeness (QED) is 0.438. The third kappa shape index (κ3) is 4.21. The van der Waals surface area contributed by atoms with Crippen LogP contribution in [0.1, 0.15) is 16.9 Å². The van der Waals surface area contributed by atoms with Crippen LogP contribution in [0.4, 0.5) is 30.2 Å². The van der Waals surface area contributed by atoms with Gasteiger partial charge in [-0.25, -0.2) is 4.99 Å². The zero-order chi connectivity index (χ0) is 28.2. The Morgan fingerprint density at radius 3 is 2.45 bits per heavy atom. The zero-order valence-electron chi connectivity index (χ0n) is 21.8. The first-order chi connectivity index (χ1) is 19.2. The van der Waals surface area contributed by atoms with Crippen LogP contribution in [0.15, 0.2) is 58.9 Å². The summed E-state index contributed by atoms with van der Waals surface area (Å²) in [6.07, 6.45) is -4.34. The molecular formula is C28H27F3N4O4S. The van der Waals surface area contributed by atoms with Crippen molar-refractivity contribution < 1.29 is 32.5 Å². The van der Waals surface area contributed by atoms with Crippen LogP contribution in [0, 0.1) is 5.92 Å². The lowest BCUT2D eigenvalue weighted by Crippen LogP contribution is -2.57. The summed E-state index contributed by atoms with van der Waals surface area (Å²) in [5.41, 5.74) is -0.0977. The molecule has 12 heteroatoms. The van der Waals surface area contributed by atoms with E-state index in [4.69, 9.17) is 14.5 Å². The highest BCUT2D eigenvalue weighted by Crippen LogP contribution is 2.64. The molecule has 2 atom stereocenters. The number of fused-ring (bicyclic) bond motifs is 2. The van der Waals surface area contributed by atoms with E-state index in [1.54, 1.807) is 12.0 Å². The number of guanidine groups is 1. The average molecular weight is 573 g/mol. The second-order valence-electron chi connectivity index (χ2n) is 9.96. The van der Waals surface area contributed by atoms with Crippen molar-refractivity contribution in [2.45, 2.75) is 18.1 Å². The molecule has 2 fully saturated rings. The summed E-state index contributed by atoms with van der Waals surface area (Å²) >= 11 is 1.37. The van der Waals surface area contributed by atoms with Crippen molar-refractivity contribution in [1.82, 2.24) is 4.90 Å². The van der Waals surface area contributed by atoms with E-state index in [0.717, 1.165) is 28.4 Å².